The summed E-state index contributed by atoms with van der Waals surface area (Å²) in [5.41, 5.74) is 0.647. The molecule has 10 heteroatoms. The van der Waals surface area contributed by atoms with Crippen molar-refractivity contribution in [2.75, 3.05) is 12.4 Å². The molecule has 0 fully saturated rings. The molecule has 0 bridgehead atoms. The number of nitrogens with zero attached hydrogens (tertiary/aromatic N) is 4. The molecule has 1 atom stereocenters. The summed E-state index contributed by atoms with van der Waals surface area (Å²) in [6.07, 6.45) is 3.40. The molecule has 0 aliphatic rings. The van der Waals surface area contributed by atoms with Gasteiger partial charge in [-0.2, -0.15) is 0 Å². The van der Waals surface area contributed by atoms with Crippen molar-refractivity contribution in [3.05, 3.63) is 48.5 Å². The second-order valence-electron chi connectivity index (χ2n) is 6.28. The Morgan fingerprint density at radius 3 is 3.07 bits per heavy atom. The summed E-state index contributed by atoms with van der Waals surface area (Å²) >= 11 is 2.68. The molecule has 0 aliphatic carbocycles. The highest BCUT2D eigenvalue weighted by atomic mass is 32.2. The number of fused-ring (bicyclic) bond motifs is 1. The van der Waals surface area contributed by atoms with Gasteiger partial charge < -0.3 is 14.5 Å². The van der Waals surface area contributed by atoms with Crippen LogP contribution in [0.25, 0.3) is 22.6 Å². The maximum absolute atomic E-state index is 12.5. The Balaban J connectivity index is 1.62. The fourth-order valence-corrected chi connectivity index (χ4v) is 4.25. The topological polar surface area (TPSA) is 95.1 Å². The van der Waals surface area contributed by atoms with Gasteiger partial charge in [0, 0.05) is 23.5 Å². The van der Waals surface area contributed by atoms with E-state index in [-0.39, 0.29) is 5.91 Å². The van der Waals surface area contributed by atoms with Crippen LogP contribution in [0.3, 0.4) is 0 Å². The number of methoxy groups -OCH3 is 1. The Kier molecular flexibility index (Phi) is 5.86. The van der Waals surface area contributed by atoms with Crippen LogP contribution in [0.2, 0.25) is 0 Å². The molecule has 0 unspecified atom stereocenters. The Bertz CT molecular complexity index is 1180. The summed E-state index contributed by atoms with van der Waals surface area (Å²) < 4.78 is 13.3. The minimum absolute atomic E-state index is 0.155. The van der Waals surface area contributed by atoms with Crippen LogP contribution in [0.1, 0.15) is 6.92 Å². The number of anilines is 1. The van der Waals surface area contributed by atoms with Crippen LogP contribution in [0.5, 0.6) is 5.75 Å². The van der Waals surface area contributed by atoms with E-state index in [2.05, 4.69) is 27.1 Å². The molecule has 0 saturated carbocycles. The molecular formula is C20H19N5O3S2. The van der Waals surface area contributed by atoms with Crippen molar-refractivity contribution in [1.29, 1.82) is 0 Å². The summed E-state index contributed by atoms with van der Waals surface area (Å²) in [6, 6.07) is 7.58. The number of carbonyl (C=O) groups excluding carboxylic acids is 1. The van der Waals surface area contributed by atoms with E-state index in [1.165, 1.54) is 23.1 Å². The highest BCUT2D eigenvalue weighted by Crippen LogP contribution is 2.34. The van der Waals surface area contributed by atoms with E-state index in [1.807, 2.05) is 41.1 Å². The molecule has 0 aliphatic heterocycles. The van der Waals surface area contributed by atoms with Gasteiger partial charge in [0.1, 0.15) is 0 Å². The lowest BCUT2D eigenvalue weighted by Gasteiger charge is -2.11. The molecule has 1 amide bonds. The van der Waals surface area contributed by atoms with Gasteiger partial charge in [0.2, 0.25) is 11.7 Å². The maximum Gasteiger partial charge on any atom is 0.239 e. The minimum Gasteiger partial charge on any atom is -0.493 e. The van der Waals surface area contributed by atoms with Gasteiger partial charge in [-0.05, 0) is 19.1 Å². The van der Waals surface area contributed by atoms with E-state index in [0.29, 0.717) is 39.7 Å². The number of thioether (sulfide) groups is 1. The van der Waals surface area contributed by atoms with Gasteiger partial charge >= 0.3 is 0 Å². The van der Waals surface area contributed by atoms with E-state index in [0.717, 1.165) is 5.39 Å². The van der Waals surface area contributed by atoms with E-state index in [9.17, 15) is 4.79 Å². The summed E-state index contributed by atoms with van der Waals surface area (Å²) in [6.45, 7) is 6.11. The van der Waals surface area contributed by atoms with Gasteiger partial charge in [0.25, 0.3) is 0 Å². The summed E-state index contributed by atoms with van der Waals surface area (Å²) in [4.78, 5) is 16.6. The molecule has 4 aromatic rings. The smallest absolute Gasteiger partial charge is 0.239 e. The molecule has 0 spiro atoms. The number of nitrogens with one attached hydrogen (secondary N) is 1. The summed E-state index contributed by atoms with van der Waals surface area (Å²) in [5.74, 6) is 1.62. The third kappa shape index (κ3) is 3.96. The van der Waals surface area contributed by atoms with Gasteiger partial charge in [0.15, 0.2) is 27.4 Å². The normalized spacial score (nSPS) is 12.1. The monoisotopic (exact) mass is 441 g/mol. The Hall–Kier alpha value is -3.11. The van der Waals surface area contributed by atoms with Crippen molar-refractivity contribution in [1.82, 2.24) is 19.7 Å². The summed E-state index contributed by atoms with van der Waals surface area (Å²) in [7, 11) is 1.60. The van der Waals surface area contributed by atoms with Crippen molar-refractivity contribution in [3.8, 4) is 17.3 Å². The van der Waals surface area contributed by atoms with Crippen molar-refractivity contribution < 1.29 is 13.9 Å². The number of para-hydroxylation sites is 1. The van der Waals surface area contributed by atoms with Crippen LogP contribution in [0.4, 0.5) is 5.13 Å². The van der Waals surface area contributed by atoms with E-state index >= 15 is 0 Å². The average Bonchev–Trinajstić information content (AvgIpc) is 3.48. The van der Waals surface area contributed by atoms with Crippen molar-refractivity contribution >= 4 is 45.1 Å². The third-order valence-electron chi connectivity index (χ3n) is 4.29. The highest BCUT2D eigenvalue weighted by Gasteiger charge is 2.23. The first-order chi connectivity index (χ1) is 14.6. The van der Waals surface area contributed by atoms with E-state index in [1.54, 1.807) is 19.4 Å². The lowest BCUT2D eigenvalue weighted by Crippen LogP contribution is -2.22. The van der Waals surface area contributed by atoms with Gasteiger partial charge in [-0.25, -0.2) is 4.98 Å². The maximum atomic E-state index is 12.5. The van der Waals surface area contributed by atoms with Crippen molar-refractivity contribution in [2.24, 2.45) is 0 Å². The fraction of sp³-hybridized carbons (Fsp3) is 0.200. The number of rotatable bonds is 8. The van der Waals surface area contributed by atoms with Crippen LogP contribution >= 0.6 is 23.1 Å². The van der Waals surface area contributed by atoms with Crippen LogP contribution in [-0.2, 0) is 11.3 Å². The molecular weight excluding hydrogens is 422 g/mol. The second-order valence-corrected chi connectivity index (χ2v) is 8.48. The number of hydrogen-bond acceptors (Lipinski definition) is 8. The predicted molar refractivity (Wildman–Crippen MR) is 118 cm³/mol. The first-order valence-electron chi connectivity index (χ1n) is 9.08. The molecule has 8 nitrogen and oxygen atoms in total. The third-order valence-corrected chi connectivity index (χ3v) is 6.06. The Morgan fingerprint density at radius 1 is 1.47 bits per heavy atom. The van der Waals surface area contributed by atoms with Crippen LogP contribution in [0.15, 0.2) is 58.1 Å². The summed E-state index contributed by atoms with van der Waals surface area (Å²) in [5, 5.41) is 14.9. The average molecular weight is 442 g/mol. The standard InChI is InChI=1S/C20H19N5O3S2/c1-4-9-25-17(15-11-13-6-5-7-14(27-3)16(13)28-15)23-24-20(25)30-12(2)18(26)22-19-21-8-10-29-19/h4-8,10-12H,1,9H2,2-3H3,(H,21,22,26)/t12-/m1/s1. The molecule has 3 aromatic heterocycles. The molecule has 30 heavy (non-hydrogen) atoms. The number of benzene rings is 1. The highest BCUT2D eigenvalue weighted by molar-refractivity contribution is 8.00. The SMILES string of the molecule is C=CCn1c(S[C@H](C)C(=O)Nc2nccs2)nnc1-c1cc2cccc(OC)c2o1. The number of allylic oxidation sites excluding steroid dienone is 1. The van der Waals surface area contributed by atoms with Gasteiger partial charge in [-0.1, -0.05) is 30.0 Å². The number of aromatic nitrogens is 4. The minimum atomic E-state index is -0.398. The Labute approximate surface area is 181 Å². The number of furan rings is 1. The number of amides is 1. The van der Waals surface area contributed by atoms with Crippen molar-refractivity contribution in [3.63, 3.8) is 0 Å². The molecule has 1 aromatic carbocycles. The molecule has 4 rings (SSSR count). The number of ether oxygens (including phenoxy) is 1. The quantitative estimate of drug-likeness (QED) is 0.318. The molecule has 154 valence electrons. The van der Waals surface area contributed by atoms with Crippen molar-refractivity contribution in [2.45, 2.75) is 23.9 Å². The van der Waals surface area contributed by atoms with E-state index < -0.39 is 5.25 Å². The van der Waals surface area contributed by atoms with E-state index in [4.69, 9.17) is 9.15 Å². The van der Waals surface area contributed by atoms with Gasteiger partial charge in [0.05, 0.1) is 12.4 Å². The molecule has 1 N–H and O–H groups in total. The lowest BCUT2D eigenvalue weighted by molar-refractivity contribution is -0.115. The zero-order valence-corrected chi connectivity index (χ0v) is 18.0. The molecule has 3 heterocycles. The first kappa shape index (κ1) is 20.2. The van der Waals surface area contributed by atoms with Crippen LogP contribution in [0, 0.1) is 0 Å². The lowest BCUT2D eigenvalue weighted by atomic mass is 10.2. The van der Waals surface area contributed by atoms with Crippen LogP contribution < -0.4 is 10.1 Å². The zero-order chi connectivity index (χ0) is 21.1. The van der Waals surface area contributed by atoms with Gasteiger partial charge in [-0.3, -0.25) is 9.36 Å². The fourth-order valence-electron chi connectivity index (χ4n) is 2.86. The Morgan fingerprint density at radius 2 is 2.33 bits per heavy atom. The van der Waals surface area contributed by atoms with Gasteiger partial charge in [-0.15, -0.1) is 28.1 Å². The second kappa shape index (κ2) is 8.72. The van der Waals surface area contributed by atoms with Crippen LogP contribution in [-0.4, -0.2) is 38.0 Å². The number of hydrogen-bond donors (Lipinski definition) is 1. The zero-order valence-electron chi connectivity index (χ0n) is 16.4. The number of carbonyl (C=O) groups is 1. The molecule has 0 radical (unpaired) electrons. The first-order valence-corrected chi connectivity index (χ1v) is 10.8. The number of thiazole rings is 1. The largest absolute Gasteiger partial charge is 0.493 e. The predicted octanol–water partition coefficient (Wildman–Crippen LogP) is 4.46. The molecule has 0 saturated heterocycles.